The van der Waals surface area contributed by atoms with Gasteiger partial charge in [0.05, 0.1) is 25.2 Å². The molecule has 1 saturated carbocycles. The SMILES string of the molecule is CO[C@@H]1[C@H](OC(=O)C=Cc2ccc(OCCCCCO)cc2)CC[C@]2(CO2)[C@H]1[C@@]1(C)O[C@@H]1CC=C(C)C. The van der Waals surface area contributed by atoms with E-state index in [4.69, 9.17) is 28.8 Å². The fourth-order valence-electron chi connectivity index (χ4n) is 5.68. The lowest BCUT2D eigenvalue weighted by atomic mass is 9.68. The Hall–Kier alpha value is -2.19. The Morgan fingerprint density at radius 1 is 1.19 bits per heavy atom. The maximum atomic E-state index is 12.8. The average molecular weight is 515 g/mol. The smallest absolute Gasteiger partial charge is 0.331 e. The Morgan fingerprint density at radius 3 is 2.59 bits per heavy atom. The van der Waals surface area contributed by atoms with Crippen LogP contribution in [0.3, 0.4) is 0 Å². The first-order chi connectivity index (χ1) is 17.8. The van der Waals surface area contributed by atoms with Crippen molar-refractivity contribution in [1.82, 2.24) is 0 Å². The molecule has 3 fully saturated rings. The molecule has 0 unspecified atom stereocenters. The lowest BCUT2D eigenvalue weighted by molar-refractivity contribution is -0.166. The molecular weight excluding hydrogens is 472 g/mol. The minimum Gasteiger partial charge on any atom is -0.494 e. The molecule has 0 amide bonds. The third kappa shape index (κ3) is 6.82. The highest BCUT2D eigenvalue weighted by Crippen LogP contribution is 2.59. The third-order valence-corrected chi connectivity index (χ3v) is 7.87. The summed E-state index contributed by atoms with van der Waals surface area (Å²) in [7, 11) is 1.68. The van der Waals surface area contributed by atoms with Crippen LogP contribution in [-0.2, 0) is 23.7 Å². The Balaban J connectivity index is 1.32. The second-order valence-electron chi connectivity index (χ2n) is 10.9. The van der Waals surface area contributed by atoms with Gasteiger partial charge in [-0.2, -0.15) is 0 Å². The van der Waals surface area contributed by atoms with E-state index in [-0.39, 0.29) is 48.0 Å². The number of carbonyl (C=O) groups is 1. The monoisotopic (exact) mass is 514 g/mol. The van der Waals surface area contributed by atoms with E-state index in [0.29, 0.717) is 19.6 Å². The lowest BCUT2D eigenvalue weighted by Crippen LogP contribution is -2.55. The zero-order valence-electron chi connectivity index (χ0n) is 22.6. The van der Waals surface area contributed by atoms with Gasteiger partial charge in [-0.05, 0) is 83.1 Å². The van der Waals surface area contributed by atoms with Gasteiger partial charge in [0, 0.05) is 19.8 Å². The van der Waals surface area contributed by atoms with Crippen LogP contribution in [0.15, 0.2) is 42.0 Å². The van der Waals surface area contributed by atoms with E-state index in [9.17, 15) is 4.79 Å². The van der Waals surface area contributed by atoms with Gasteiger partial charge in [-0.15, -0.1) is 0 Å². The van der Waals surface area contributed by atoms with Crippen LogP contribution in [0.5, 0.6) is 5.75 Å². The molecule has 37 heavy (non-hydrogen) atoms. The van der Waals surface area contributed by atoms with Crippen LogP contribution in [0.2, 0.25) is 0 Å². The number of carbonyl (C=O) groups excluding carboxylic acids is 1. The zero-order chi connectivity index (χ0) is 26.5. The predicted molar refractivity (Wildman–Crippen MR) is 141 cm³/mol. The van der Waals surface area contributed by atoms with Crippen molar-refractivity contribution in [3.05, 3.63) is 47.6 Å². The van der Waals surface area contributed by atoms with Crippen molar-refractivity contribution in [1.29, 1.82) is 0 Å². The van der Waals surface area contributed by atoms with Crippen molar-refractivity contribution in [3.8, 4) is 5.75 Å². The first-order valence-electron chi connectivity index (χ1n) is 13.5. The number of rotatable bonds is 13. The molecule has 0 bridgehead atoms. The highest BCUT2D eigenvalue weighted by molar-refractivity contribution is 5.87. The van der Waals surface area contributed by atoms with Crippen LogP contribution in [0, 0.1) is 5.92 Å². The Morgan fingerprint density at radius 2 is 1.95 bits per heavy atom. The second kappa shape index (κ2) is 12.1. The van der Waals surface area contributed by atoms with Gasteiger partial charge in [-0.25, -0.2) is 4.79 Å². The molecule has 1 spiro atoms. The van der Waals surface area contributed by atoms with Gasteiger partial charge in [0.15, 0.2) is 0 Å². The normalized spacial score (nSPS) is 32.4. The average Bonchev–Trinajstić information content (AvgIpc) is 3.80. The first-order valence-corrected chi connectivity index (χ1v) is 13.5. The van der Waals surface area contributed by atoms with E-state index >= 15 is 0 Å². The molecule has 7 nitrogen and oxygen atoms in total. The number of hydrogen-bond acceptors (Lipinski definition) is 7. The molecule has 2 heterocycles. The molecule has 6 atom stereocenters. The molecule has 1 N–H and O–H groups in total. The number of aliphatic hydroxyl groups is 1. The summed E-state index contributed by atoms with van der Waals surface area (Å²) in [5, 5.41) is 8.83. The molecule has 204 valence electrons. The molecule has 4 rings (SSSR count). The summed E-state index contributed by atoms with van der Waals surface area (Å²) in [5.41, 5.74) is 1.57. The van der Waals surface area contributed by atoms with Gasteiger partial charge < -0.3 is 28.8 Å². The molecular formula is C30H42O7. The van der Waals surface area contributed by atoms with Gasteiger partial charge >= 0.3 is 5.97 Å². The van der Waals surface area contributed by atoms with E-state index < -0.39 is 0 Å². The molecule has 2 aliphatic heterocycles. The zero-order valence-corrected chi connectivity index (χ0v) is 22.6. The molecule has 7 heteroatoms. The van der Waals surface area contributed by atoms with Crippen LogP contribution >= 0.6 is 0 Å². The summed E-state index contributed by atoms with van der Waals surface area (Å²) in [4.78, 5) is 12.8. The van der Waals surface area contributed by atoms with Crippen LogP contribution in [0.25, 0.3) is 6.08 Å². The van der Waals surface area contributed by atoms with Crippen molar-refractivity contribution in [2.45, 2.75) is 88.8 Å². The summed E-state index contributed by atoms with van der Waals surface area (Å²) >= 11 is 0. The number of hydrogen-bond donors (Lipinski definition) is 1. The number of epoxide rings is 2. The number of allylic oxidation sites excluding steroid dienone is 1. The Bertz CT molecular complexity index is 961. The van der Waals surface area contributed by atoms with Gasteiger partial charge in [0.1, 0.15) is 29.2 Å². The number of esters is 1. The van der Waals surface area contributed by atoms with Gasteiger partial charge in [0.25, 0.3) is 0 Å². The minimum absolute atomic E-state index is 0.00674. The van der Waals surface area contributed by atoms with Crippen molar-refractivity contribution in [2.75, 3.05) is 26.9 Å². The van der Waals surface area contributed by atoms with Gasteiger partial charge in [-0.1, -0.05) is 23.8 Å². The number of aliphatic hydroxyl groups excluding tert-OH is 1. The van der Waals surface area contributed by atoms with Gasteiger partial charge in [0.2, 0.25) is 0 Å². The predicted octanol–water partition coefficient (Wildman–Crippen LogP) is 4.86. The number of unbranched alkanes of at least 4 members (excludes halogenated alkanes) is 2. The van der Waals surface area contributed by atoms with Crippen molar-refractivity contribution in [2.24, 2.45) is 5.92 Å². The summed E-state index contributed by atoms with van der Waals surface area (Å²) < 4.78 is 29.8. The van der Waals surface area contributed by atoms with Gasteiger partial charge in [-0.3, -0.25) is 0 Å². The quantitative estimate of drug-likeness (QED) is 0.132. The maximum Gasteiger partial charge on any atom is 0.331 e. The van der Waals surface area contributed by atoms with Crippen molar-refractivity contribution >= 4 is 12.0 Å². The van der Waals surface area contributed by atoms with E-state index in [2.05, 4.69) is 26.8 Å². The third-order valence-electron chi connectivity index (χ3n) is 7.87. The molecule has 1 aromatic rings. The Kier molecular flexibility index (Phi) is 9.11. The van der Waals surface area contributed by atoms with Crippen LogP contribution in [-0.4, -0.2) is 67.5 Å². The summed E-state index contributed by atoms with van der Waals surface area (Å²) in [6.45, 7) is 7.88. The van der Waals surface area contributed by atoms with Crippen molar-refractivity contribution < 1.29 is 33.6 Å². The van der Waals surface area contributed by atoms with E-state index in [1.54, 1.807) is 13.2 Å². The van der Waals surface area contributed by atoms with E-state index in [1.807, 2.05) is 24.3 Å². The fraction of sp³-hybridized carbons (Fsp3) is 0.633. The molecule has 0 aromatic heterocycles. The highest BCUT2D eigenvalue weighted by atomic mass is 16.6. The summed E-state index contributed by atoms with van der Waals surface area (Å²) in [6.07, 6.45) is 9.96. The van der Waals surface area contributed by atoms with Crippen LogP contribution < -0.4 is 4.74 Å². The number of methoxy groups -OCH3 is 1. The molecule has 2 saturated heterocycles. The summed E-state index contributed by atoms with van der Waals surface area (Å²) in [5.74, 6) is 0.410. The van der Waals surface area contributed by atoms with Crippen LogP contribution in [0.4, 0.5) is 0 Å². The lowest BCUT2D eigenvalue weighted by Gasteiger charge is -2.42. The maximum absolute atomic E-state index is 12.8. The topological polar surface area (TPSA) is 90.1 Å². The standard InChI is InChI=1S/C30H42O7/c1-21(2)8-14-25-29(3,37-25)28-27(33-4)24(16-17-30(28)20-35-30)36-26(32)15-11-22-9-12-23(13-10-22)34-19-7-5-6-18-31/h8-13,15,24-25,27-28,31H,5-7,14,16-20H2,1-4H3/t24-,25-,27-,28-,29+,30+/m1/s1. The minimum atomic E-state index is -0.384. The largest absolute Gasteiger partial charge is 0.494 e. The van der Waals surface area contributed by atoms with Crippen molar-refractivity contribution in [3.63, 3.8) is 0 Å². The Labute approximate surface area is 220 Å². The second-order valence-corrected chi connectivity index (χ2v) is 10.9. The molecule has 1 aliphatic carbocycles. The molecule has 3 aliphatic rings. The fourth-order valence-corrected chi connectivity index (χ4v) is 5.68. The number of benzene rings is 1. The number of ether oxygens (including phenoxy) is 5. The van der Waals surface area contributed by atoms with E-state index in [1.165, 1.54) is 11.6 Å². The van der Waals surface area contributed by atoms with Crippen LogP contribution in [0.1, 0.15) is 64.9 Å². The first kappa shape index (κ1) is 27.8. The molecule has 0 radical (unpaired) electrons. The molecule has 1 aromatic carbocycles. The van der Waals surface area contributed by atoms with E-state index in [0.717, 1.165) is 43.4 Å². The summed E-state index contributed by atoms with van der Waals surface area (Å²) in [6, 6.07) is 7.60. The highest BCUT2D eigenvalue weighted by Gasteiger charge is 2.72.